The smallest absolute Gasteiger partial charge is 0.354 e. The molecule has 8 heteroatoms. The van der Waals surface area contributed by atoms with Crippen LogP contribution < -0.4 is 40.5 Å². The number of benzene rings is 3. The molecule has 0 aliphatic carbocycles. The Morgan fingerprint density at radius 2 is 1.32 bits per heavy atom. The van der Waals surface area contributed by atoms with Crippen molar-refractivity contribution >= 4 is 22.4 Å². The molecule has 0 saturated carbocycles. The van der Waals surface area contributed by atoms with Crippen LogP contribution in [0.5, 0.6) is 17.2 Å². The molecular weight excluding hydrogens is 478 g/mol. The lowest BCUT2D eigenvalue weighted by atomic mass is 10.2. The zero-order chi connectivity index (χ0) is 20.9. The average Bonchev–Trinajstić information content (AvgIpc) is 3.22. The molecule has 4 aromatic rings. The highest BCUT2D eigenvalue weighted by Gasteiger charge is 2.29. The molecule has 0 atom stereocenters. The van der Waals surface area contributed by atoms with Gasteiger partial charge in [-0.2, -0.15) is 0 Å². The molecule has 0 spiro atoms. The summed E-state index contributed by atoms with van der Waals surface area (Å²) in [5.74, 6) is 3.00. The van der Waals surface area contributed by atoms with E-state index in [1.165, 1.54) is 11.5 Å². The summed E-state index contributed by atoms with van der Waals surface area (Å²) in [5.41, 5.74) is 2.62. The monoisotopic (exact) mass is 499 g/mol. The van der Waals surface area contributed by atoms with Crippen molar-refractivity contribution in [2.75, 3.05) is 26.6 Å². The number of anilines is 2. The molecule has 0 fully saturated rings. The Labute approximate surface area is 196 Å². The minimum atomic E-state index is 0. The third kappa shape index (κ3) is 4.65. The van der Waals surface area contributed by atoms with Crippen molar-refractivity contribution in [3.05, 3.63) is 72.8 Å². The highest BCUT2D eigenvalue weighted by atomic mass is 79.9. The molecule has 1 N–H and O–H groups in total. The summed E-state index contributed by atoms with van der Waals surface area (Å²) in [6, 6.07) is 23.4. The number of aromatic nitrogens is 2. The van der Waals surface area contributed by atoms with E-state index in [1.54, 1.807) is 21.3 Å². The average molecular weight is 500 g/mol. The highest BCUT2D eigenvalue weighted by molar-refractivity contribution is 7.06. The summed E-state index contributed by atoms with van der Waals surface area (Å²) in [6.45, 7) is 0. The molecule has 4 rings (SSSR count). The number of hydrogen-bond acceptors (Lipinski definition) is 6. The summed E-state index contributed by atoms with van der Waals surface area (Å²) in [5, 5.41) is 4.09. The van der Waals surface area contributed by atoms with Gasteiger partial charge in [0.25, 0.3) is 0 Å². The number of ether oxygens (including phenoxy) is 3. The molecule has 0 aliphatic rings. The standard InChI is InChI=1S/C23H21N3O3S.BrH/c1-27-19-13-7-4-10-16(19)22-25-23(24-17-11-5-8-14-20(17)28-2)30-26(22)18-12-6-9-15-21(18)29-3;/h4-15H,1-3H3;1H. The van der Waals surface area contributed by atoms with Crippen LogP contribution in [0.15, 0.2) is 72.8 Å². The Morgan fingerprint density at radius 1 is 0.742 bits per heavy atom. The van der Waals surface area contributed by atoms with Crippen LogP contribution in [0.2, 0.25) is 0 Å². The van der Waals surface area contributed by atoms with Crippen molar-refractivity contribution in [2.45, 2.75) is 0 Å². The van der Waals surface area contributed by atoms with Crippen LogP contribution in [-0.4, -0.2) is 26.3 Å². The van der Waals surface area contributed by atoms with Gasteiger partial charge in [0, 0.05) is 0 Å². The molecule has 6 nitrogen and oxygen atoms in total. The Balaban J connectivity index is 0.00000272. The number of rotatable bonds is 7. The fourth-order valence-electron chi connectivity index (χ4n) is 3.17. The fourth-order valence-corrected chi connectivity index (χ4v) is 4.10. The molecule has 1 heterocycles. The summed E-state index contributed by atoms with van der Waals surface area (Å²) in [7, 11) is 4.97. The molecule has 0 bridgehead atoms. The highest BCUT2D eigenvalue weighted by Crippen LogP contribution is 2.33. The zero-order valence-corrected chi connectivity index (χ0v) is 19.7. The van der Waals surface area contributed by atoms with E-state index in [1.807, 2.05) is 76.8 Å². The number of halogens is 1. The van der Waals surface area contributed by atoms with Gasteiger partial charge in [0.2, 0.25) is 0 Å². The first-order valence-electron chi connectivity index (χ1n) is 9.35. The SMILES string of the molecule is COc1ccccc1Nc1nc(-c2ccccc2OC)[n+](-c2ccccc2OC)s1.[Br-]. The Morgan fingerprint density at radius 3 is 2.03 bits per heavy atom. The number of methoxy groups -OCH3 is 3. The number of hydrogen-bond donors (Lipinski definition) is 1. The zero-order valence-electron chi connectivity index (χ0n) is 17.3. The topological polar surface area (TPSA) is 56.5 Å². The second-order valence-electron chi connectivity index (χ2n) is 6.32. The maximum Gasteiger partial charge on any atom is 0.354 e. The lowest BCUT2D eigenvalue weighted by Crippen LogP contribution is -3.00. The first-order valence-corrected chi connectivity index (χ1v) is 10.1. The van der Waals surface area contributed by atoms with Gasteiger partial charge in [-0.1, -0.05) is 36.4 Å². The van der Waals surface area contributed by atoms with E-state index in [2.05, 4.69) is 5.32 Å². The van der Waals surface area contributed by atoms with E-state index in [4.69, 9.17) is 19.2 Å². The van der Waals surface area contributed by atoms with Gasteiger partial charge in [0.15, 0.2) is 11.4 Å². The van der Waals surface area contributed by atoms with Crippen molar-refractivity contribution in [3.63, 3.8) is 0 Å². The Kier molecular flexibility index (Phi) is 7.49. The minimum absolute atomic E-state index is 0. The number of nitrogens with zero attached hydrogens (tertiary/aromatic N) is 2. The first kappa shape index (κ1) is 22.6. The summed E-state index contributed by atoms with van der Waals surface area (Å²) in [4.78, 5) is 4.89. The van der Waals surface area contributed by atoms with Gasteiger partial charge in [-0.15, -0.1) is 3.96 Å². The quantitative estimate of drug-likeness (QED) is 0.393. The van der Waals surface area contributed by atoms with Gasteiger partial charge in [0.1, 0.15) is 28.6 Å². The van der Waals surface area contributed by atoms with Crippen LogP contribution in [0.4, 0.5) is 10.8 Å². The molecule has 0 radical (unpaired) electrons. The van der Waals surface area contributed by atoms with Gasteiger partial charge in [-0.25, -0.2) is 0 Å². The first-order chi connectivity index (χ1) is 14.7. The van der Waals surface area contributed by atoms with Crippen molar-refractivity contribution < 1.29 is 35.1 Å². The largest absolute Gasteiger partial charge is 1.00 e. The van der Waals surface area contributed by atoms with Crippen molar-refractivity contribution in [1.82, 2.24) is 4.98 Å². The molecule has 0 saturated heterocycles. The van der Waals surface area contributed by atoms with Gasteiger partial charge in [0.05, 0.1) is 27.0 Å². The molecule has 0 aliphatic heterocycles. The molecular formula is C23H22BrN3O3S. The van der Waals surface area contributed by atoms with Gasteiger partial charge in [-0.3, -0.25) is 0 Å². The van der Waals surface area contributed by atoms with E-state index in [9.17, 15) is 0 Å². The third-order valence-corrected chi connectivity index (χ3v) is 5.50. The molecule has 0 unspecified atom stereocenters. The van der Waals surface area contributed by atoms with E-state index in [0.717, 1.165) is 40.0 Å². The van der Waals surface area contributed by atoms with Crippen LogP contribution in [0.3, 0.4) is 0 Å². The number of nitrogens with one attached hydrogen (secondary N) is 1. The maximum atomic E-state index is 5.60. The van der Waals surface area contributed by atoms with Crippen molar-refractivity contribution in [2.24, 2.45) is 0 Å². The van der Waals surface area contributed by atoms with E-state index in [0.29, 0.717) is 5.13 Å². The fraction of sp³-hybridized carbons (Fsp3) is 0.130. The van der Waals surface area contributed by atoms with Crippen LogP contribution in [0, 0.1) is 0 Å². The van der Waals surface area contributed by atoms with Gasteiger partial charge in [-0.05, 0) is 41.4 Å². The minimum Gasteiger partial charge on any atom is -1.00 e. The molecule has 31 heavy (non-hydrogen) atoms. The lowest BCUT2D eigenvalue weighted by Gasteiger charge is -2.06. The van der Waals surface area contributed by atoms with E-state index < -0.39 is 0 Å². The van der Waals surface area contributed by atoms with Crippen LogP contribution in [0.25, 0.3) is 17.1 Å². The Bertz CT molecular complexity index is 1100. The molecule has 160 valence electrons. The lowest BCUT2D eigenvalue weighted by molar-refractivity contribution is -0.510. The summed E-state index contributed by atoms with van der Waals surface area (Å²) in [6.07, 6.45) is 0. The second kappa shape index (κ2) is 10.3. The summed E-state index contributed by atoms with van der Waals surface area (Å²) >= 11 is 1.47. The third-order valence-electron chi connectivity index (χ3n) is 4.58. The second-order valence-corrected chi connectivity index (χ2v) is 7.26. The predicted molar refractivity (Wildman–Crippen MR) is 118 cm³/mol. The normalized spacial score (nSPS) is 10.2. The van der Waals surface area contributed by atoms with E-state index >= 15 is 0 Å². The predicted octanol–water partition coefficient (Wildman–Crippen LogP) is 1.86. The van der Waals surface area contributed by atoms with E-state index in [-0.39, 0.29) is 17.0 Å². The van der Waals surface area contributed by atoms with Gasteiger partial charge >= 0.3 is 11.0 Å². The molecule has 3 aromatic carbocycles. The van der Waals surface area contributed by atoms with Crippen LogP contribution >= 0.6 is 11.5 Å². The number of para-hydroxylation sites is 5. The summed E-state index contributed by atoms with van der Waals surface area (Å²) < 4.78 is 18.7. The van der Waals surface area contributed by atoms with Crippen LogP contribution in [0.1, 0.15) is 0 Å². The van der Waals surface area contributed by atoms with Gasteiger partial charge < -0.3 is 36.5 Å². The van der Waals surface area contributed by atoms with Crippen molar-refractivity contribution in [1.29, 1.82) is 0 Å². The van der Waals surface area contributed by atoms with Crippen molar-refractivity contribution in [3.8, 4) is 34.3 Å². The van der Waals surface area contributed by atoms with Crippen LogP contribution in [-0.2, 0) is 0 Å². The molecule has 1 aromatic heterocycles. The molecule has 0 amide bonds. The maximum absolute atomic E-state index is 5.60. The Hall–Kier alpha value is -3.10.